The van der Waals surface area contributed by atoms with E-state index in [1.165, 1.54) is 35.6 Å². The number of aryl methyl sites for hydroxylation is 1. The maximum atomic E-state index is 12.1. The van der Waals surface area contributed by atoms with Gasteiger partial charge in [-0.3, -0.25) is 0 Å². The molecule has 2 saturated heterocycles. The van der Waals surface area contributed by atoms with Crippen molar-refractivity contribution in [1.29, 1.82) is 0 Å². The Kier molecular flexibility index (Phi) is 7.35. The van der Waals surface area contributed by atoms with Gasteiger partial charge in [0.15, 0.2) is 19.7 Å². The van der Waals surface area contributed by atoms with Crippen LogP contribution in [0, 0.1) is 0 Å². The van der Waals surface area contributed by atoms with Gasteiger partial charge in [0, 0.05) is 38.6 Å². The fourth-order valence-electron chi connectivity index (χ4n) is 3.07. The van der Waals surface area contributed by atoms with Crippen molar-refractivity contribution in [3.63, 3.8) is 0 Å². The van der Waals surface area contributed by atoms with Crippen LogP contribution in [0.15, 0.2) is 37.4 Å². The lowest BCUT2D eigenvalue weighted by molar-refractivity contribution is -0.670. The van der Waals surface area contributed by atoms with Crippen molar-refractivity contribution in [3.8, 4) is 0 Å². The summed E-state index contributed by atoms with van der Waals surface area (Å²) in [6.45, 7) is 0.0464. The molecule has 0 aromatic carbocycles. The van der Waals surface area contributed by atoms with Gasteiger partial charge in [-0.15, -0.1) is 3.97 Å². The van der Waals surface area contributed by atoms with Crippen LogP contribution in [-0.2, 0) is 47.1 Å². The zero-order valence-electron chi connectivity index (χ0n) is 17.7. The Labute approximate surface area is 193 Å². The van der Waals surface area contributed by atoms with Crippen molar-refractivity contribution in [3.05, 3.63) is 37.4 Å². The van der Waals surface area contributed by atoms with Crippen LogP contribution in [0.25, 0.3) is 0 Å². The fourth-order valence-corrected chi connectivity index (χ4v) is 8.61. The van der Waals surface area contributed by atoms with Gasteiger partial charge in [0.05, 0.1) is 30.1 Å². The van der Waals surface area contributed by atoms with E-state index in [4.69, 9.17) is 0 Å². The van der Waals surface area contributed by atoms with E-state index in [-0.39, 0.29) is 49.2 Å². The molecule has 0 unspecified atom stereocenters. The summed E-state index contributed by atoms with van der Waals surface area (Å²) in [5.74, 6) is -0.471. The molecular formula is C15H25N6O8S4+. The molecule has 0 radical (unpaired) electrons. The number of nitrogens with zero attached hydrogens (tertiary/aromatic N) is 6. The van der Waals surface area contributed by atoms with Crippen LogP contribution < -0.4 is 4.57 Å². The molecule has 0 aliphatic carbocycles. The van der Waals surface area contributed by atoms with Crippen LogP contribution in [0.2, 0.25) is 0 Å². The van der Waals surface area contributed by atoms with Crippen molar-refractivity contribution in [2.45, 2.75) is 0 Å². The van der Waals surface area contributed by atoms with E-state index in [9.17, 15) is 33.7 Å². The summed E-state index contributed by atoms with van der Waals surface area (Å²) in [5, 5.41) is 0. The third kappa shape index (κ3) is 6.18. The summed E-state index contributed by atoms with van der Waals surface area (Å²) < 4.78 is 98.8. The first kappa shape index (κ1) is 25.8. The van der Waals surface area contributed by atoms with Crippen LogP contribution in [0.4, 0.5) is 0 Å². The summed E-state index contributed by atoms with van der Waals surface area (Å²) in [4.78, 5) is 3.65. The normalized spacial score (nSPS) is 21.7. The highest BCUT2D eigenvalue weighted by Gasteiger charge is 2.34. The second-order valence-electron chi connectivity index (χ2n) is 7.42. The van der Waals surface area contributed by atoms with Crippen molar-refractivity contribution in [2.24, 2.45) is 7.05 Å². The summed E-state index contributed by atoms with van der Waals surface area (Å²) >= 11 is 0. The number of hydrogen-bond acceptors (Lipinski definition) is 9. The zero-order valence-corrected chi connectivity index (χ0v) is 21.0. The molecule has 0 spiro atoms. The average Bonchev–Trinajstić information content (AvgIpc) is 3.40. The Hall–Kier alpha value is -1.86. The lowest BCUT2D eigenvalue weighted by atomic mass is 10.6. The predicted molar refractivity (Wildman–Crippen MR) is 117 cm³/mol. The van der Waals surface area contributed by atoms with Crippen LogP contribution in [0.5, 0.6) is 0 Å². The van der Waals surface area contributed by atoms with Crippen LogP contribution in [-0.4, -0.2) is 104 Å². The molecule has 18 heteroatoms. The smallest absolute Gasteiger partial charge is 0.244 e. The number of rotatable bonds is 4. The third-order valence-corrected chi connectivity index (χ3v) is 11.8. The third-order valence-electron chi connectivity index (χ3n) is 5.02. The minimum atomic E-state index is -3.65. The zero-order chi connectivity index (χ0) is 24.5. The van der Waals surface area contributed by atoms with Crippen LogP contribution >= 0.6 is 0 Å². The molecule has 0 atom stereocenters. The number of imidazole rings is 2. The van der Waals surface area contributed by atoms with Crippen LogP contribution in [0.1, 0.15) is 0 Å². The van der Waals surface area contributed by atoms with Gasteiger partial charge in [-0.05, 0) is 0 Å². The van der Waals surface area contributed by atoms with E-state index in [1.807, 2.05) is 0 Å². The maximum absolute atomic E-state index is 12.1. The average molecular weight is 546 g/mol. The Morgan fingerprint density at radius 1 is 0.758 bits per heavy atom. The first-order valence-corrected chi connectivity index (χ1v) is 16.1. The molecule has 2 aromatic rings. The number of aromatic nitrogens is 4. The highest BCUT2D eigenvalue weighted by molar-refractivity contribution is 7.92. The second kappa shape index (κ2) is 9.41. The van der Waals surface area contributed by atoms with Crippen molar-refractivity contribution in [2.75, 3.05) is 49.2 Å². The molecule has 186 valence electrons. The molecule has 33 heavy (non-hydrogen) atoms. The lowest BCUT2D eigenvalue weighted by Gasteiger charge is -2.25. The molecule has 4 rings (SSSR count). The molecule has 0 saturated carbocycles. The van der Waals surface area contributed by atoms with Crippen molar-refractivity contribution < 1.29 is 38.2 Å². The highest BCUT2D eigenvalue weighted by atomic mass is 32.2. The van der Waals surface area contributed by atoms with Crippen LogP contribution in [0.3, 0.4) is 0 Å². The van der Waals surface area contributed by atoms with E-state index in [0.29, 0.717) is 0 Å². The number of hydrogen-bond donors (Lipinski definition) is 0. The van der Waals surface area contributed by atoms with Gasteiger partial charge in [-0.2, -0.15) is 25.4 Å². The molecule has 14 nitrogen and oxygen atoms in total. The van der Waals surface area contributed by atoms with E-state index in [0.717, 1.165) is 12.3 Å². The second-order valence-corrected chi connectivity index (χ2v) is 15.7. The molecule has 2 fully saturated rings. The van der Waals surface area contributed by atoms with Gasteiger partial charge in [0.25, 0.3) is 6.33 Å². The predicted octanol–water partition coefficient (Wildman–Crippen LogP) is -3.16. The summed E-state index contributed by atoms with van der Waals surface area (Å²) in [6.07, 6.45) is 8.32. The van der Waals surface area contributed by atoms with Gasteiger partial charge >= 0.3 is 20.4 Å². The Morgan fingerprint density at radius 2 is 1.21 bits per heavy atom. The largest absolute Gasteiger partial charge is 0.379 e. The SMILES string of the molecule is C[n+]1ccn(S(=O)(=O)N2CCS(=O)(=O)CC2)c1.O=S1(=O)CCN(S(=O)(=O)n2ccnc2)CC1. The standard InChI is InChI=1S/C8H14N3O4S2.C7H11N3O4S2/c1-9-2-3-11(8-9)17(14,15)10-4-6-16(12,13)7-5-10;11-15(12)5-3-9(4-6-15)16(13,14)10-2-1-8-7-10/h2-3,8H,4-7H2,1H3;1-2,7H,3-6H2/q+1;. The van der Waals surface area contributed by atoms with Crippen molar-refractivity contribution in [1.82, 2.24) is 21.5 Å². The Bertz CT molecular complexity index is 1370. The molecule has 2 aliphatic rings. The van der Waals surface area contributed by atoms with E-state index >= 15 is 0 Å². The molecule has 4 heterocycles. The maximum Gasteiger partial charge on any atom is 0.379 e. The molecule has 2 aromatic heterocycles. The quantitative estimate of drug-likeness (QED) is 0.360. The molecule has 0 amide bonds. The van der Waals surface area contributed by atoms with E-state index in [1.54, 1.807) is 17.8 Å². The van der Waals surface area contributed by atoms with Gasteiger partial charge in [0.1, 0.15) is 18.7 Å². The molecule has 0 N–H and O–H groups in total. The summed E-state index contributed by atoms with van der Waals surface area (Å²) in [5.41, 5.74) is 0. The Balaban J connectivity index is 0.000000186. The molecule has 0 bridgehead atoms. The fraction of sp³-hybridized carbons (Fsp3) is 0.600. The van der Waals surface area contributed by atoms with Gasteiger partial charge in [0.2, 0.25) is 0 Å². The number of sulfone groups is 2. The Morgan fingerprint density at radius 3 is 1.58 bits per heavy atom. The lowest BCUT2D eigenvalue weighted by Crippen LogP contribution is -2.45. The van der Waals surface area contributed by atoms with Gasteiger partial charge < -0.3 is 0 Å². The minimum absolute atomic E-state index is 0.00282. The van der Waals surface area contributed by atoms with Gasteiger partial charge in [-0.25, -0.2) is 30.4 Å². The van der Waals surface area contributed by atoms with Gasteiger partial charge in [-0.1, -0.05) is 0 Å². The summed E-state index contributed by atoms with van der Waals surface area (Å²) in [7, 11) is -11.7. The first-order valence-electron chi connectivity index (χ1n) is 9.66. The monoisotopic (exact) mass is 545 g/mol. The molecule has 2 aliphatic heterocycles. The first-order chi connectivity index (χ1) is 15.2. The topological polar surface area (TPSA) is 170 Å². The summed E-state index contributed by atoms with van der Waals surface area (Å²) in [6, 6.07) is 0. The van der Waals surface area contributed by atoms with E-state index in [2.05, 4.69) is 4.98 Å². The minimum Gasteiger partial charge on any atom is -0.244 e. The van der Waals surface area contributed by atoms with E-state index < -0.39 is 40.1 Å². The highest BCUT2D eigenvalue weighted by Crippen LogP contribution is 2.12. The van der Waals surface area contributed by atoms with Crippen molar-refractivity contribution >= 4 is 40.1 Å². The molecular weight excluding hydrogens is 520 g/mol.